The van der Waals surface area contributed by atoms with Gasteiger partial charge in [0, 0.05) is 6.42 Å². The number of halogens is 15. The maximum Gasteiger partial charge on any atom is 0.460 e. The monoisotopic (exact) mass is 546 g/mol. The highest BCUT2D eigenvalue weighted by molar-refractivity contribution is 5.32. The van der Waals surface area contributed by atoms with Crippen molar-refractivity contribution in [2.24, 2.45) is 0 Å². The van der Waals surface area contributed by atoms with Gasteiger partial charge >= 0.3 is 41.7 Å². The van der Waals surface area contributed by atoms with Crippen LogP contribution in [-0.4, -0.2) is 46.8 Å². The first-order valence-corrected chi connectivity index (χ1v) is 9.45. The minimum Gasteiger partial charge on any atom is -0.388 e. The average Bonchev–Trinajstić information content (AvgIpc) is 2.71. The number of rotatable bonds is 10. The highest BCUT2D eigenvalue weighted by atomic mass is 19.4. The molecular formula is C19H17F15O. The van der Waals surface area contributed by atoms with Crippen molar-refractivity contribution >= 4 is 0 Å². The van der Waals surface area contributed by atoms with Crippen LogP contribution < -0.4 is 0 Å². The van der Waals surface area contributed by atoms with Gasteiger partial charge in [0.2, 0.25) is 0 Å². The molecule has 1 nitrogen and oxygen atoms in total. The molecule has 0 bridgehead atoms. The Bertz CT molecular complexity index is 875. The summed E-state index contributed by atoms with van der Waals surface area (Å²) in [5, 5.41) is 9.95. The zero-order valence-electron chi connectivity index (χ0n) is 17.5. The molecule has 0 spiro atoms. The molecular weight excluding hydrogens is 529 g/mol. The molecule has 0 saturated heterocycles. The number of alkyl halides is 15. The zero-order valence-corrected chi connectivity index (χ0v) is 17.5. The predicted molar refractivity (Wildman–Crippen MR) is 90.5 cm³/mol. The van der Waals surface area contributed by atoms with E-state index in [4.69, 9.17) is 0 Å². The molecule has 2 atom stereocenters. The maximum atomic E-state index is 14.1. The molecule has 0 radical (unpaired) electrons. The fourth-order valence-electron chi connectivity index (χ4n) is 2.96. The van der Waals surface area contributed by atoms with E-state index in [-0.39, 0.29) is 12.0 Å². The molecule has 2 unspecified atom stereocenters. The van der Waals surface area contributed by atoms with Gasteiger partial charge in [0.1, 0.15) is 0 Å². The van der Waals surface area contributed by atoms with Crippen molar-refractivity contribution < 1.29 is 71.0 Å². The highest BCUT2D eigenvalue weighted by Crippen LogP contribution is 2.63. The molecule has 0 aromatic heterocycles. The van der Waals surface area contributed by atoms with Gasteiger partial charge in [-0.25, -0.2) is 0 Å². The molecule has 1 N–H and O–H groups in total. The SMILES string of the molecule is CCC(C)c1ccccc1C(O)CC(F)(F)C(F)(F)C(F)(F)C(F)(F)C(F)(F)C(F)(F)C(F)(F)F. The maximum absolute atomic E-state index is 14.1. The molecule has 1 rings (SSSR count). The topological polar surface area (TPSA) is 20.2 Å². The summed E-state index contributed by atoms with van der Waals surface area (Å²) in [6.45, 7) is 3.03. The van der Waals surface area contributed by atoms with Crippen molar-refractivity contribution in [3.63, 3.8) is 0 Å². The predicted octanol–water partition coefficient (Wildman–Crippen LogP) is 8.00. The van der Waals surface area contributed by atoms with E-state index in [0.29, 0.717) is 0 Å². The zero-order chi connectivity index (χ0) is 28.1. The number of hydrogen-bond acceptors (Lipinski definition) is 1. The van der Waals surface area contributed by atoms with Crippen molar-refractivity contribution in [2.45, 2.75) is 80.4 Å². The minimum atomic E-state index is -8.34. The van der Waals surface area contributed by atoms with Crippen molar-refractivity contribution in [1.82, 2.24) is 0 Å². The quantitative estimate of drug-likeness (QED) is 0.295. The first-order chi connectivity index (χ1) is 15.3. The third kappa shape index (κ3) is 4.78. The Morgan fingerprint density at radius 2 is 1.00 bits per heavy atom. The van der Waals surface area contributed by atoms with Crippen LogP contribution in [0.5, 0.6) is 0 Å². The van der Waals surface area contributed by atoms with Gasteiger partial charge in [-0.2, -0.15) is 65.9 Å². The van der Waals surface area contributed by atoms with Crippen molar-refractivity contribution in [1.29, 1.82) is 0 Å². The van der Waals surface area contributed by atoms with Crippen LogP contribution in [0.25, 0.3) is 0 Å². The fraction of sp³-hybridized carbons (Fsp3) is 0.684. The second-order valence-corrected chi connectivity index (χ2v) is 7.73. The van der Waals surface area contributed by atoms with Crippen LogP contribution >= 0.6 is 0 Å². The molecule has 0 aliphatic carbocycles. The van der Waals surface area contributed by atoms with E-state index in [0.717, 1.165) is 12.1 Å². The van der Waals surface area contributed by atoms with Gasteiger partial charge in [-0.1, -0.05) is 38.1 Å². The van der Waals surface area contributed by atoms with Crippen LogP contribution in [0, 0.1) is 0 Å². The number of hydrogen-bond donors (Lipinski definition) is 1. The molecule has 0 aliphatic heterocycles. The molecule has 0 heterocycles. The number of benzene rings is 1. The standard InChI is InChI=1S/C19H17F15O/c1-3-9(2)10-6-4-5-7-11(10)12(35)8-13(20,21)14(22,23)15(24,25)16(26,27)17(28,29)18(30,31)19(32,33)34/h4-7,9,12,35H,3,8H2,1-2H3. The first kappa shape index (κ1) is 31.2. The number of aliphatic hydroxyl groups is 1. The summed E-state index contributed by atoms with van der Waals surface area (Å²) in [4.78, 5) is 0. The third-order valence-corrected chi connectivity index (χ3v) is 5.34. The molecule has 1 aromatic carbocycles. The van der Waals surface area contributed by atoms with Crippen LogP contribution in [0.2, 0.25) is 0 Å². The van der Waals surface area contributed by atoms with Crippen LogP contribution in [-0.2, 0) is 0 Å². The van der Waals surface area contributed by atoms with Gasteiger partial charge in [-0.3, -0.25) is 0 Å². The van der Waals surface area contributed by atoms with E-state index in [1.54, 1.807) is 6.92 Å². The minimum absolute atomic E-state index is 0.0371. The Morgan fingerprint density at radius 1 is 0.629 bits per heavy atom. The van der Waals surface area contributed by atoms with Gasteiger partial charge in [-0.05, 0) is 23.5 Å². The van der Waals surface area contributed by atoms with Gasteiger partial charge in [0.15, 0.2) is 0 Å². The molecule has 16 heteroatoms. The lowest BCUT2D eigenvalue weighted by molar-refractivity contribution is -0.453. The highest BCUT2D eigenvalue weighted by Gasteiger charge is 2.93. The second-order valence-electron chi connectivity index (χ2n) is 7.73. The Kier molecular flexibility index (Phi) is 8.20. The van der Waals surface area contributed by atoms with Gasteiger partial charge in [-0.15, -0.1) is 0 Å². The molecule has 0 amide bonds. The fourth-order valence-corrected chi connectivity index (χ4v) is 2.96. The van der Waals surface area contributed by atoms with Crippen LogP contribution in [0.3, 0.4) is 0 Å². The molecule has 0 saturated carbocycles. The first-order valence-electron chi connectivity index (χ1n) is 9.45. The number of aliphatic hydroxyl groups excluding tert-OH is 1. The Balaban J connectivity index is 3.50. The lowest BCUT2D eigenvalue weighted by atomic mass is 9.86. The summed E-state index contributed by atoms with van der Waals surface area (Å²) < 4.78 is 199. The average molecular weight is 546 g/mol. The lowest BCUT2D eigenvalue weighted by Crippen LogP contribution is -2.72. The summed E-state index contributed by atoms with van der Waals surface area (Å²) >= 11 is 0. The van der Waals surface area contributed by atoms with E-state index in [2.05, 4.69) is 0 Å². The van der Waals surface area contributed by atoms with Gasteiger partial charge in [0.25, 0.3) is 0 Å². The molecule has 35 heavy (non-hydrogen) atoms. The smallest absolute Gasteiger partial charge is 0.388 e. The molecule has 0 fully saturated rings. The normalized spacial score (nSPS) is 16.9. The van der Waals surface area contributed by atoms with Crippen LogP contribution in [0.1, 0.15) is 49.8 Å². The largest absolute Gasteiger partial charge is 0.460 e. The second kappa shape index (κ2) is 9.21. The summed E-state index contributed by atoms with van der Waals surface area (Å²) in [6.07, 6.45) is -13.0. The lowest BCUT2D eigenvalue weighted by Gasteiger charge is -2.41. The van der Waals surface area contributed by atoms with E-state index in [9.17, 15) is 71.0 Å². The van der Waals surface area contributed by atoms with Gasteiger partial charge in [0.05, 0.1) is 6.10 Å². The molecule has 204 valence electrons. The van der Waals surface area contributed by atoms with Crippen molar-refractivity contribution in [2.75, 3.05) is 0 Å². The van der Waals surface area contributed by atoms with Crippen LogP contribution in [0.4, 0.5) is 65.9 Å². The summed E-state index contributed by atoms with van der Waals surface area (Å²) in [7, 11) is 0. The Hall–Kier alpha value is -1.87. The van der Waals surface area contributed by atoms with E-state index in [1.165, 1.54) is 19.1 Å². The van der Waals surface area contributed by atoms with Crippen LogP contribution in [0.15, 0.2) is 24.3 Å². The Labute approximate surface area is 187 Å². The van der Waals surface area contributed by atoms with E-state index >= 15 is 0 Å². The molecule has 1 aromatic rings. The summed E-state index contributed by atoms with van der Waals surface area (Å²) in [6, 6.07) is 4.49. The van der Waals surface area contributed by atoms with Gasteiger partial charge < -0.3 is 5.11 Å². The summed E-state index contributed by atoms with van der Waals surface area (Å²) in [5.41, 5.74) is -0.517. The van der Waals surface area contributed by atoms with E-state index in [1.807, 2.05) is 0 Å². The molecule has 0 aliphatic rings. The third-order valence-electron chi connectivity index (χ3n) is 5.34. The Morgan fingerprint density at radius 3 is 1.40 bits per heavy atom. The summed E-state index contributed by atoms with van der Waals surface area (Å²) in [5.74, 6) is -47.5. The van der Waals surface area contributed by atoms with E-state index < -0.39 is 65.7 Å². The van der Waals surface area contributed by atoms with Crippen molar-refractivity contribution in [3.05, 3.63) is 35.4 Å². The van der Waals surface area contributed by atoms with Crippen molar-refractivity contribution in [3.8, 4) is 0 Å².